The first-order valence-electron chi connectivity index (χ1n) is 10.7. The highest BCUT2D eigenvalue weighted by molar-refractivity contribution is 7.54. The van der Waals surface area contributed by atoms with Gasteiger partial charge < -0.3 is 24.3 Å². The fourth-order valence-corrected chi connectivity index (χ4v) is 4.84. The number of Topliss-reactive ketones (excluding diaryl/α,β-unsaturated/α-hetero) is 1. The molecule has 2 aromatic rings. The standard InChI is InChI=1S/C23H29F3NO6P/c1-4-31-34(29,32-5-2)22(27)16(3)21(28)14-15-30-18-10-12-20(13-11-18)33-19-8-6-17(7-9-19)23(24,25)26/h6-13,16,22H,4-5,14-15,27H2,1-3H3. The van der Waals surface area contributed by atoms with E-state index in [9.17, 15) is 22.5 Å². The van der Waals surface area contributed by atoms with Gasteiger partial charge >= 0.3 is 13.8 Å². The predicted molar refractivity (Wildman–Crippen MR) is 121 cm³/mol. The van der Waals surface area contributed by atoms with Crippen LogP contribution in [0.1, 0.15) is 32.8 Å². The molecule has 188 valence electrons. The van der Waals surface area contributed by atoms with Gasteiger partial charge in [0.15, 0.2) is 0 Å². The fraction of sp³-hybridized carbons (Fsp3) is 0.435. The topological polar surface area (TPSA) is 97.1 Å². The van der Waals surface area contributed by atoms with E-state index in [4.69, 9.17) is 24.3 Å². The zero-order valence-electron chi connectivity index (χ0n) is 19.2. The van der Waals surface area contributed by atoms with Gasteiger partial charge in [0, 0.05) is 12.3 Å². The first-order valence-corrected chi connectivity index (χ1v) is 12.4. The lowest BCUT2D eigenvalue weighted by Gasteiger charge is -2.26. The first kappa shape index (κ1) is 27.9. The molecule has 2 atom stereocenters. The summed E-state index contributed by atoms with van der Waals surface area (Å²) in [5.41, 5.74) is 5.26. The van der Waals surface area contributed by atoms with Crippen molar-refractivity contribution in [3.8, 4) is 17.2 Å². The van der Waals surface area contributed by atoms with Crippen LogP contribution >= 0.6 is 7.60 Å². The van der Waals surface area contributed by atoms with Crippen molar-refractivity contribution in [1.29, 1.82) is 0 Å². The average Bonchev–Trinajstić information content (AvgIpc) is 2.79. The molecular formula is C23H29F3NO6P. The van der Waals surface area contributed by atoms with Crippen LogP contribution in [-0.4, -0.2) is 31.4 Å². The van der Waals surface area contributed by atoms with Gasteiger partial charge in [-0.1, -0.05) is 6.92 Å². The lowest BCUT2D eigenvalue weighted by atomic mass is 10.0. The van der Waals surface area contributed by atoms with Gasteiger partial charge in [-0.2, -0.15) is 13.2 Å². The van der Waals surface area contributed by atoms with Crippen LogP contribution in [-0.2, 0) is 24.6 Å². The van der Waals surface area contributed by atoms with Crippen LogP contribution in [0.25, 0.3) is 0 Å². The van der Waals surface area contributed by atoms with Crippen LogP contribution in [0.2, 0.25) is 0 Å². The summed E-state index contributed by atoms with van der Waals surface area (Å²) in [5, 5.41) is 0. The summed E-state index contributed by atoms with van der Waals surface area (Å²) < 4.78 is 72.2. The average molecular weight is 503 g/mol. The van der Waals surface area contributed by atoms with Crippen molar-refractivity contribution in [1.82, 2.24) is 0 Å². The molecule has 11 heteroatoms. The van der Waals surface area contributed by atoms with Crippen molar-refractivity contribution >= 4 is 13.4 Å². The van der Waals surface area contributed by atoms with Gasteiger partial charge in [-0.05, 0) is 62.4 Å². The number of hydrogen-bond donors (Lipinski definition) is 1. The molecule has 0 aliphatic carbocycles. The summed E-state index contributed by atoms with van der Waals surface area (Å²) in [6.07, 6.45) is -4.37. The molecule has 0 fully saturated rings. The molecule has 2 unspecified atom stereocenters. The number of hydrogen-bond acceptors (Lipinski definition) is 7. The molecule has 0 saturated heterocycles. The molecule has 34 heavy (non-hydrogen) atoms. The van der Waals surface area contributed by atoms with Gasteiger partial charge in [0.1, 0.15) is 28.8 Å². The molecule has 0 amide bonds. The van der Waals surface area contributed by atoms with Crippen molar-refractivity contribution < 1.29 is 41.1 Å². The predicted octanol–water partition coefficient (Wildman–Crippen LogP) is 6.02. The number of ketones is 1. The number of rotatable bonds is 13. The van der Waals surface area contributed by atoms with E-state index in [1.165, 1.54) is 12.1 Å². The highest BCUT2D eigenvalue weighted by Crippen LogP contribution is 2.53. The van der Waals surface area contributed by atoms with Crippen LogP contribution in [0.3, 0.4) is 0 Å². The van der Waals surface area contributed by atoms with E-state index in [0.717, 1.165) is 12.1 Å². The lowest BCUT2D eigenvalue weighted by molar-refractivity contribution is -0.137. The Bertz CT molecular complexity index is 956. The summed E-state index contributed by atoms with van der Waals surface area (Å²) in [5.74, 6) is -0.943. The van der Waals surface area contributed by atoms with Gasteiger partial charge in [0.2, 0.25) is 0 Å². The van der Waals surface area contributed by atoms with Crippen LogP contribution < -0.4 is 15.2 Å². The number of carbonyl (C=O) groups excluding carboxylic acids is 1. The molecule has 7 nitrogen and oxygen atoms in total. The number of ether oxygens (including phenoxy) is 2. The summed E-state index contributed by atoms with van der Waals surface area (Å²) in [6.45, 7) is 5.27. The van der Waals surface area contributed by atoms with Crippen molar-refractivity contribution in [2.45, 2.75) is 39.2 Å². The van der Waals surface area contributed by atoms with Crippen molar-refractivity contribution in [2.75, 3.05) is 19.8 Å². The van der Waals surface area contributed by atoms with E-state index in [2.05, 4.69) is 0 Å². The molecule has 0 aromatic heterocycles. The van der Waals surface area contributed by atoms with E-state index in [0.29, 0.717) is 11.5 Å². The second-order valence-electron chi connectivity index (χ2n) is 7.32. The molecule has 2 aromatic carbocycles. The third kappa shape index (κ3) is 7.84. The molecule has 0 spiro atoms. The minimum atomic E-state index is -4.41. The third-order valence-electron chi connectivity index (χ3n) is 4.86. The quantitative estimate of drug-likeness (QED) is 0.334. The molecular weight excluding hydrogens is 474 g/mol. The minimum absolute atomic E-state index is 0.0386. The zero-order chi connectivity index (χ0) is 25.4. The maximum absolute atomic E-state index is 12.8. The van der Waals surface area contributed by atoms with Crippen LogP contribution in [0.5, 0.6) is 17.2 Å². The van der Waals surface area contributed by atoms with E-state index in [1.54, 1.807) is 45.0 Å². The molecule has 0 radical (unpaired) electrons. The lowest BCUT2D eigenvalue weighted by Crippen LogP contribution is -2.35. The molecule has 0 bridgehead atoms. The van der Waals surface area contributed by atoms with Crippen LogP contribution in [0, 0.1) is 5.92 Å². The molecule has 2 rings (SSSR count). The number of alkyl halides is 3. The first-order chi connectivity index (χ1) is 16.0. The van der Waals surface area contributed by atoms with Crippen LogP contribution in [0.15, 0.2) is 48.5 Å². The van der Waals surface area contributed by atoms with Gasteiger partial charge in [-0.15, -0.1) is 0 Å². The third-order valence-corrected chi connectivity index (χ3v) is 7.28. The maximum Gasteiger partial charge on any atom is 0.416 e. The monoisotopic (exact) mass is 503 g/mol. The summed E-state index contributed by atoms with van der Waals surface area (Å²) >= 11 is 0. The Balaban J connectivity index is 1.86. The van der Waals surface area contributed by atoms with E-state index in [1.807, 2.05) is 0 Å². The Morgan fingerprint density at radius 1 is 0.941 bits per heavy atom. The highest BCUT2D eigenvalue weighted by Gasteiger charge is 2.39. The van der Waals surface area contributed by atoms with Gasteiger partial charge in [0.05, 0.1) is 25.4 Å². The molecule has 2 N–H and O–H groups in total. The summed E-state index contributed by atoms with van der Waals surface area (Å²) in [4.78, 5) is 12.5. The van der Waals surface area contributed by atoms with E-state index >= 15 is 0 Å². The van der Waals surface area contributed by atoms with Gasteiger partial charge in [-0.3, -0.25) is 9.36 Å². The number of nitrogens with two attached hydrogens (primary N) is 1. The fourth-order valence-electron chi connectivity index (χ4n) is 2.98. The number of halogens is 3. The van der Waals surface area contributed by atoms with Crippen molar-refractivity contribution in [3.63, 3.8) is 0 Å². The summed E-state index contributed by atoms with van der Waals surface area (Å²) in [7, 11) is -3.61. The van der Waals surface area contributed by atoms with Gasteiger partial charge in [-0.25, -0.2) is 0 Å². The SMILES string of the molecule is CCOP(=O)(OCC)C(N)C(C)C(=O)CCOc1ccc(Oc2ccc(C(F)(F)F)cc2)cc1. The second-order valence-corrected chi connectivity index (χ2v) is 9.51. The summed E-state index contributed by atoms with van der Waals surface area (Å²) in [6, 6.07) is 10.8. The Morgan fingerprint density at radius 3 is 1.88 bits per heavy atom. The Labute approximate surface area is 196 Å². The highest BCUT2D eigenvalue weighted by atomic mass is 31.2. The van der Waals surface area contributed by atoms with E-state index < -0.39 is 31.0 Å². The zero-order valence-corrected chi connectivity index (χ0v) is 20.1. The van der Waals surface area contributed by atoms with Gasteiger partial charge in [0.25, 0.3) is 0 Å². The maximum atomic E-state index is 12.8. The minimum Gasteiger partial charge on any atom is -0.493 e. The largest absolute Gasteiger partial charge is 0.493 e. The van der Waals surface area contributed by atoms with Crippen molar-refractivity contribution in [2.24, 2.45) is 11.7 Å². The van der Waals surface area contributed by atoms with E-state index in [-0.39, 0.29) is 37.8 Å². The second kappa shape index (κ2) is 12.4. The van der Waals surface area contributed by atoms with Crippen LogP contribution in [0.4, 0.5) is 13.2 Å². The number of benzene rings is 2. The molecule has 0 aliphatic rings. The Morgan fingerprint density at radius 2 is 1.41 bits per heavy atom. The molecule has 0 saturated carbocycles. The van der Waals surface area contributed by atoms with Crippen molar-refractivity contribution in [3.05, 3.63) is 54.1 Å². The molecule has 0 aliphatic heterocycles. The normalized spacial score (nSPS) is 13.9. The number of carbonyl (C=O) groups is 1. The Hall–Kier alpha value is -2.39. The smallest absolute Gasteiger partial charge is 0.416 e. The Kier molecular flexibility index (Phi) is 10.1. The molecule has 0 heterocycles.